The fraction of sp³-hybridized carbons (Fsp3) is 0. The highest BCUT2D eigenvalue weighted by Crippen LogP contribution is 2.34. The molecule has 0 bridgehead atoms. The molecular formula is C13H6Cl3N. The van der Waals surface area contributed by atoms with Gasteiger partial charge in [-0.25, -0.2) is 0 Å². The maximum atomic E-state index is 8.89. The molecule has 0 aromatic heterocycles. The molecule has 0 saturated heterocycles. The van der Waals surface area contributed by atoms with Gasteiger partial charge in [0.1, 0.15) is 0 Å². The average molecular weight is 283 g/mol. The molecule has 1 nitrogen and oxygen atoms in total. The highest BCUT2D eigenvalue weighted by Gasteiger charge is 2.08. The van der Waals surface area contributed by atoms with Crippen LogP contribution in [-0.2, 0) is 0 Å². The standard InChI is InChI=1S/C13H6Cl3N/c14-10-5-8(7-17)4-9(6-10)11-2-1-3-12(15)13(11)16/h1-6H. The molecule has 0 aliphatic carbocycles. The van der Waals surface area contributed by atoms with Gasteiger partial charge in [-0.1, -0.05) is 46.9 Å². The van der Waals surface area contributed by atoms with E-state index in [1.807, 2.05) is 6.07 Å². The Kier molecular flexibility index (Phi) is 3.59. The number of rotatable bonds is 1. The molecule has 0 atom stereocenters. The second kappa shape index (κ2) is 4.98. The number of nitrogens with zero attached hydrogens (tertiary/aromatic N) is 1. The third-order valence-corrected chi connectivity index (χ3v) is 3.33. The van der Waals surface area contributed by atoms with Crippen LogP contribution in [0.4, 0.5) is 0 Å². The molecule has 0 aliphatic heterocycles. The molecule has 17 heavy (non-hydrogen) atoms. The summed E-state index contributed by atoms with van der Waals surface area (Å²) in [5.41, 5.74) is 2.03. The van der Waals surface area contributed by atoms with Crippen LogP contribution in [0.2, 0.25) is 15.1 Å². The second-order valence-electron chi connectivity index (χ2n) is 3.44. The topological polar surface area (TPSA) is 23.8 Å². The summed E-state index contributed by atoms with van der Waals surface area (Å²) >= 11 is 18.0. The molecule has 0 saturated carbocycles. The Bertz CT molecular complexity index is 615. The molecule has 0 radical (unpaired) electrons. The Morgan fingerprint density at radius 1 is 1.00 bits per heavy atom. The zero-order valence-corrected chi connectivity index (χ0v) is 10.8. The van der Waals surface area contributed by atoms with E-state index in [-0.39, 0.29) is 0 Å². The van der Waals surface area contributed by atoms with Crippen molar-refractivity contribution in [2.24, 2.45) is 0 Å². The Morgan fingerprint density at radius 3 is 2.47 bits per heavy atom. The van der Waals surface area contributed by atoms with E-state index < -0.39 is 0 Å². The van der Waals surface area contributed by atoms with E-state index in [0.29, 0.717) is 20.6 Å². The predicted molar refractivity (Wildman–Crippen MR) is 71.6 cm³/mol. The monoisotopic (exact) mass is 281 g/mol. The molecule has 2 aromatic rings. The number of nitriles is 1. The smallest absolute Gasteiger partial charge is 0.0992 e. The van der Waals surface area contributed by atoms with Gasteiger partial charge in [-0.2, -0.15) is 5.26 Å². The van der Waals surface area contributed by atoms with E-state index in [1.54, 1.807) is 30.3 Å². The van der Waals surface area contributed by atoms with Crippen molar-refractivity contribution in [1.29, 1.82) is 5.26 Å². The van der Waals surface area contributed by atoms with Crippen molar-refractivity contribution in [1.82, 2.24) is 0 Å². The van der Waals surface area contributed by atoms with Crippen molar-refractivity contribution < 1.29 is 0 Å². The molecule has 2 aromatic carbocycles. The minimum Gasteiger partial charge on any atom is -0.192 e. The van der Waals surface area contributed by atoms with Gasteiger partial charge in [-0.15, -0.1) is 0 Å². The van der Waals surface area contributed by atoms with Gasteiger partial charge in [0.05, 0.1) is 21.7 Å². The number of halogens is 3. The second-order valence-corrected chi connectivity index (χ2v) is 4.66. The molecule has 0 amide bonds. The van der Waals surface area contributed by atoms with Gasteiger partial charge in [0.2, 0.25) is 0 Å². The third-order valence-electron chi connectivity index (χ3n) is 2.29. The predicted octanol–water partition coefficient (Wildman–Crippen LogP) is 5.19. The van der Waals surface area contributed by atoms with Gasteiger partial charge >= 0.3 is 0 Å². The van der Waals surface area contributed by atoms with E-state index in [9.17, 15) is 0 Å². The summed E-state index contributed by atoms with van der Waals surface area (Å²) in [5, 5.41) is 10.3. The van der Waals surface area contributed by atoms with Crippen LogP contribution < -0.4 is 0 Å². The van der Waals surface area contributed by atoms with E-state index in [2.05, 4.69) is 6.07 Å². The average Bonchev–Trinajstić information content (AvgIpc) is 2.31. The lowest BCUT2D eigenvalue weighted by Crippen LogP contribution is -1.83. The number of hydrogen-bond acceptors (Lipinski definition) is 1. The van der Waals surface area contributed by atoms with Crippen LogP contribution in [-0.4, -0.2) is 0 Å². The van der Waals surface area contributed by atoms with Crippen LogP contribution in [0.5, 0.6) is 0 Å². The quantitative estimate of drug-likeness (QED) is 0.706. The highest BCUT2D eigenvalue weighted by molar-refractivity contribution is 6.43. The fourth-order valence-electron chi connectivity index (χ4n) is 1.54. The normalized spacial score (nSPS) is 10.0. The first kappa shape index (κ1) is 12.3. The number of benzene rings is 2. The summed E-state index contributed by atoms with van der Waals surface area (Å²) in [7, 11) is 0. The van der Waals surface area contributed by atoms with Crippen LogP contribution in [0.25, 0.3) is 11.1 Å². The molecule has 2 rings (SSSR count). The van der Waals surface area contributed by atoms with Gasteiger partial charge < -0.3 is 0 Å². The first-order chi connectivity index (χ1) is 8.11. The summed E-state index contributed by atoms with van der Waals surface area (Å²) in [5.74, 6) is 0. The largest absolute Gasteiger partial charge is 0.192 e. The zero-order chi connectivity index (χ0) is 12.4. The van der Waals surface area contributed by atoms with E-state index in [4.69, 9.17) is 40.1 Å². The lowest BCUT2D eigenvalue weighted by molar-refractivity contribution is 1.48. The maximum Gasteiger partial charge on any atom is 0.0992 e. The highest BCUT2D eigenvalue weighted by atomic mass is 35.5. The molecule has 0 unspecified atom stereocenters. The van der Waals surface area contributed by atoms with Gasteiger partial charge in [-0.3, -0.25) is 0 Å². The van der Waals surface area contributed by atoms with Crippen molar-refractivity contribution >= 4 is 34.8 Å². The molecular weight excluding hydrogens is 277 g/mol. The molecule has 0 fully saturated rings. The van der Waals surface area contributed by atoms with E-state index >= 15 is 0 Å². The Labute approximate surface area is 114 Å². The first-order valence-corrected chi connectivity index (χ1v) is 5.90. The van der Waals surface area contributed by atoms with Crippen molar-refractivity contribution in [3.63, 3.8) is 0 Å². The van der Waals surface area contributed by atoms with Gasteiger partial charge in [0, 0.05) is 10.6 Å². The molecule has 0 N–H and O–H groups in total. The van der Waals surface area contributed by atoms with Crippen molar-refractivity contribution in [2.75, 3.05) is 0 Å². The summed E-state index contributed by atoms with van der Waals surface area (Å²) in [4.78, 5) is 0. The van der Waals surface area contributed by atoms with Crippen LogP contribution in [0.1, 0.15) is 5.56 Å². The maximum absolute atomic E-state index is 8.89. The fourth-order valence-corrected chi connectivity index (χ4v) is 2.18. The van der Waals surface area contributed by atoms with Crippen LogP contribution in [0, 0.1) is 11.3 Å². The summed E-state index contributed by atoms with van der Waals surface area (Å²) in [6.45, 7) is 0. The minimum atomic E-state index is 0.459. The zero-order valence-electron chi connectivity index (χ0n) is 8.55. The van der Waals surface area contributed by atoms with E-state index in [1.165, 1.54) is 0 Å². The van der Waals surface area contributed by atoms with Crippen molar-refractivity contribution in [3.05, 3.63) is 57.0 Å². The van der Waals surface area contributed by atoms with Gasteiger partial charge in [0.25, 0.3) is 0 Å². The van der Waals surface area contributed by atoms with Gasteiger partial charge in [-0.05, 0) is 29.8 Å². The Balaban J connectivity index is 2.65. The number of hydrogen-bond donors (Lipinski definition) is 0. The summed E-state index contributed by atoms with van der Waals surface area (Å²) in [6.07, 6.45) is 0. The Hall–Kier alpha value is -1.20. The van der Waals surface area contributed by atoms with E-state index in [0.717, 1.165) is 11.1 Å². The molecule has 84 valence electrons. The lowest BCUT2D eigenvalue weighted by atomic mass is 10.0. The minimum absolute atomic E-state index is 0.459. The van der Waals surface area contributed by atoms with Crippen molar-refractivity contribution in [3.8, 4) is 17.2 Å². The van der Waals surface area contributed by atoms with Crippen LogP contribution in [0.3, 0.4) is 0 Å². The first-order valence-electron chi connectivity index (χ1n) is 4.77. The van der Waals surface area contributed by atoms with Crippen LogP contribution in [0.15, 0.2) is 36.4 Å². The SMILES string of the molecule is N#Cc1cc(Cl)cc(-c2cccc(Cl)c2Cl)c1. The van der Waals surface area contributed by atoms with Crippen LogP contribution >= 0.6 is 34.8 Å². The molecule has 0 spiro atoms. The molecule has 0 aliphatic rings. The van der Waals surface area contributed by atoms with Crippen molar-refractivity contribution in [2.45, 2.75) is 0 Å². The lowest BCUT2D eigenvalue weighted by Gasteiger charge is -2.07. The molecule has 4 heteroatoms. The molecule has 0 heterocycles. The van der Waals surface area contributed by atoms with Gasteiger partial charge in [0.15, 0.2) is 0 Å². The third kappa shape index (κ3) is 2.56. The summed E-state index contributed by atoms with van der Waals surface area (Å²) < 4.78 is 0. The summed E-state index contributed by atoms with van der Waals surface area (Å²) in [6, 6.07) is 12.5. The Morgan fingerprint density at radius 2 is 1.76 bits per heavy atom.